The minimum absolute atomic E-state index is 0.201. The Labute approximate surface area is 249 Å². The summed E-state index contributed by atoms with van der Waals surface area (Å²) in [5.74, 6) is -0.0496. The fourth-order valence-corrected chi connectivity index (χ4v) is 5.87. The first-order chi connectivity index (χ1) is 19.9. The Bertz CT molecular complexity index is 1090. The van der Waals surface area contributed by atoms with Gasteiger partial charge in [0.2, 0.25) is 0 Å². The van der Waals surface area contributed by atoms with Gasteiger partial charge in [0.05, 0.1) is 25.2 Å². The van der Waals surface area contributed by atoms with Crippen molar-refractivity contribution in [1.82, 2.24) is 4.57 Å². The Morgan fingerprint density at radius 3 is 1.78 bits per heavy atom. The van der Waals surface area contributed by atoms with Crippen LogP contribution in [-0.4, -0.2) is 23.4 Å². The second kappa shape index (κ2) is 20.1. The molecule has 0 radical (unpaired) electrons. The average molecular weight is 563 g/mol. The van der Waals surface area contributed by atoms with Crippen molar-refractivity contribution in [2.24, 2.45) is 0 Å². The monoisotopic (exact) mass is 562 g/mol. The summed E-state index contributed by atoms with van der Waals surface area (Å²) in [7, 11) is 1.41. The number of benzene rings is 1. The minimum atomic E-state index is -0.251. The lowest BCUT2D eigenvalue weighted by Crippen LogP contribution is -2.10. The highest BCUT2D eigenvalue weighted by atomic mass is 16.5. The molecule has 0 unspecified atom stereocenters. The van der Waals surface area contributed by atoms with Crippen LogP contribution in [0.5, 0.6) is 0 Å². The van der Waals surface area contributed by atoms with Gasteiger partial charge in [0.15, 0.2) is 5.78 Å². The molecule has 0 aliphatic carbocycles. The summed E-state index contributed by atoms with van der Waals surface area (Å²) in [5, 5.41) is 9.12. The molecule has 0 fully saturated rings. The molecule has 0 saturated heterocycles. The third kappa shape index (κ3) is 12.3. The van der Waals surface area contributed by atoms with Gasteiger partial charge in [0, 0.05) is 29.9 Å². The molecule has 0 aliphatic heterocycles. The van der Waals surface area contributed by atoms with Gasteiger partial charge in [-0.1, -0.05) is 109 Å². The van der Waals surface area contributed by atoms with E-state index in [1.807, 2.05) is 38.1 Å². The van der Waals surface area contributed by atoms with Crippen LogP contribution in [0.1, 0.15) is 155 Å². The molecule has 5 nitrogen and oxygen atoms in total. The first kappa shape index (κ1) is 34.3. The normalized spacial score (nSPS) is 11.0. The number of ketones is 1. The SMILES string of the molecule is CCCCCCCCCCCCCCCCCC(=O)c1c(C)c(CCC(=O)OC)n(Cc2ccc(C#N)cc2)c1C. The molecule has 0 atom stereocenters. The second-order valence-corrected chi connectivity index (χ2v) is 11.6. The lowest BCUT2D eigenvalue weighted by atomic mass is 9.99. The number of carbonyl (C=O) groups excluding carboxylic acids is 2. The van der Waals surface area contributed by atoms with Crippen LogP contribution >= 0.6 is 0 Å². The number of esters is 1. The number of hydrogen-bond acceptors (Lipinski definition) is 4. The number of ether oxygens (including phenoxy) is 1. The van der Waals surface area contributed by atoms with E-state index in [2.05, 4.69) is 17.6 Å². The Hall–Kier alpha value is -2.87. The van der Waals surface area contributed by atoms with Gasteiger partial charge in [-0.2, -0.15) is 5.26 Å². The highest BCUT2D eigenvalue weighted by Crippen LogP contribution is 2.27. The lowest BCUT2D eigenvalue weighted by Gasteiger charge is -2.13. The van der Waals surface area contributed by atoms with Crippen molar-refractivity contribution in [1.29, 1.82) is 5.26 Å². The molecule has 0 saturated carbocycles. The molecule has 0 amide bonds. The third-order valence-electron chi connectivity index (χ3n) is 8.40. The van der Waals surface area contributed by atoms with Gasteiger partial charge in [-0.3, -0.25) is 9.59 Å². The van der Waals surface area contributed by atoms with Gasteiger partial charge >= 0.3 is 5.97 Å². The molecule has 226 valence electrons. The van der Waals surface area contributed by atoms with E-state index in [1.54, 1.807) is 0 Å². The first-order valence-corrected chi connectivity index (χ1v) is 16.2. The maximum Gasteiger partial charge on any atom is 0.305 e. The van der Waals surface area contributed by atoms with Gasteiger partial charge in [0.25, 0.3) is 0 Å². The van der Waals surface area contributed by atoms with E-state index in [9.17, 15) is 9.59 Å². The summed E-state index contributed by atoms with van der Waals surface area (Å²) in [4.78, 5) is 25.3. The molecule has 2 aromatic rings. The summed E-state index contributed by atoms with van der Waals surface area (Å²) in [6.07, 6.45) is 21.0. The van der Waals surface area contributed by atoms with Crippen LogP contribution < -0.4 is 0 Å². The molecular weight excluding hydrogens is 508 g/mol. The molecule has 0 bridgehead atoms. The van der Waals surface area contributed by atoms with E-state index < -0.39 is 0 Å². The number of carbonyl (C=O) groups is 2. The Morgan fingerprint density at radius 2 is 1.29 bits per heavy atom. The van der Waals surface area contributed by atoms with E-state index in [4.69, 9.17) is 10.00 Å². The highest BCUT2D eigenvalue weighted by molar-refractivity contribution is 5.99. The van der Waals surface area contributed by atoms with Crippen molar-refractivity contribution in [2.75, 3.05) is 7.11 Å². The van der Waals surface area contributed by atoms with Gasteiger partial charge in [-0.15, -0.1) is 0 Å². The molecule has 1 aromatic carbocycles. The van der Waals surface area contributed by atoms with Crippen molar-refractivity contribution in [3.8, 4) is 6.07 Å². The van der Waals surface area contributed by atoms with Crippen LogP contribution in [0.3, 0.4) is 0 Å². The van der Waals surface area contributed by atoms with E-state index in [0.29, 0.717) is 24.9 Å². The molecule has 5 heteroatoms. The van der Waals surface area contributed by atoms with Crippen LogP contribution in [-0.2, 0) is 22.5 Å². The number of nitriles is 1. The quantitative estimate of drug-likeness (QED) is 0.0813. The second-order valence-electron chi connectivity index (χ2n) is 11.6. The molecule has 1 aromatic heterocycles. The number of aromatic nitrogens is 1. The van der Waals surface area contributed by atoms with Crippen LogP contribution in [0.2, 0.25) is 0 Å². The number of nitrogens with zero attached hydrogens (tertiary/aromatic N) is 2. The minimum Gasteiger partial charge on any atom is -0.469 e. The van der Waals surface area contributed by atoms with Gasteiger partial charge in [-0.05, 0) is 49.9 Å². The third-order valence-corrected chi connectivity index (χ3v) is 8.40. The van der Waals surface area contributed by atoms with Crippen LogP contribution in [0.15, 0.2) is 24.3 Å². The summed E-state index contributed by atoms with van der Waals surface area (Å²) >= 11 is 0. The number of unbranched alkanes of at least 4 members (excludes halogenated alkanes) is 14. The Kier molecular flexibility index (Phi) is 16.8. The summed E-state index contributed by atoms with van der Waals surface area (Å²) in [6.45, 7) is 6.89. The predicted octanol–water partition coefficient (Wildman–Crippen LogP) is 9.57. The molecule has 0 aliphatic rings. The van der Waals surface area contributed by atoms with Crippen LogP contribution in [0.25, 0.3) is 0 Å². The molecule has 2 rings (SSSR count). The van der Waals surface area contributed by atoms with Crippen LogP contribution in [0.4, 0.5) is 0 Å². The first-order valence-electron chi connectivity index (χ1n) is 16.2. The molecular formula is C36H54N2O3. The predicted molar refractivity (Wildman–Crippen MR) is 168 cm³/mol. The van der Waals surface area contributed by atoms with E-state index in [0.717, 1.165) is 40.9 Å². The largest absolute Gasteiger partial charge is 0.469 e. The fraction of sp³-hybridized carbons (Fsp3) is 0.639. The number of rotatable bonds is 22. The Balaban J connectivity index is 1.80. The van der Waals surface area contributed by atoms with E-state index in [1.165, 1.54) is 90.6 Å². The zero-order valence-corrected chi connectivity index (χ0v) is 26.4. The topological polar surface area (TPSA) is 72.1 Å². The molecule has 1 heterocycles. The number of hydrogen-bond donors (Lipinski definition) is 0. The Morgan fingerprint density at radius 1 is 0.780 bits per heavy atom. The fourth-order valence-electron chi connectivity index (χ4n) is 5.87. The zero-order valence-electron chi connectivity index (χ0n) is 26.4. The molecule has 0 spiro atoms. The van der Waals surface area contributed by atoms with Crippen molar-refractivity contribution < 1.29 is 14.3 Å². The zero-order chi connectivity index (χ0) is 29.9. The van der Waals surface area contributed by atoms with Crippen LogP contribution in [0, 0.1) is 25.2 Å². The molecule has 41 heavy (non-hydrogen) atoms. The maximum atomic E-state index is 13.4. The smallest absolute Gasteiger partial charge is 0.305 e. The summed E-state index contributed by atoms with van der Waals surface area (Å²) in [6, 6.07) is 9.70. The van der Waals surface area contributed by atoms with Gasteiger partial charge in [0.1, 0.15) is 0 Å². The van der Waals surface area contributed by atoms with Gasteiger partial charge in [-0.25, -0.2) is 0 Å². The van der Waals surface area contributed by atoms with E-state index in [-0.39, 0.29) is 18.2 Å². The van der Waals surface area contributed by atoms with Crippen molar-refractivity contribution in [2.45, 2.75) is 143 Å². The average Bonchev–Trinajstić information content (AvgIpc) is 3.21. The highest BCUT2D eigenvalue weighted by Gasteiger charge is 2.22. The van der Waals surface area contributed by atoms with Crippen molar-refractivity contribution in [3.63, 3.8) is 0 Å². The van der Waals surface area contributed by atoms with E-state index >= 15 is 0 Å². The standard InChI is InChI=1S/C36H54N2O3/c1-5-6-7-8-9-10-11-12-13-14-15-16-17-18-19-20-34(39)36-29(2)33(25-26-35(40)41-4)38(30(36)3)28-32-23-21-31(27-37)22-24-32/h21-24H,5-20,25-26,28H2,1-4H3. The molecule has 0 N–H and O–H groups in total. The number of Topliss-reactive ketones (excluding diaryl/α,β-unsaturated/α-hetero) is 1. The van der Waals surface area contributed by atoms with Crippen molar-refractivity contribution >= 4 is 11.8 Å². The summed E-state index contributed by atoms with van der Waals surface area (Å²) < 4.78 is 7.04. The lowest BCUT2D eigenvalue weighted by molar-refractivity contribution is -0.140. The maximum absolute atomic E-state index is 13.4. The van der Waals surface area contributed by atoms with Gasteiger partial charge < -0.3 is 9.30 Å². The van der Waals surface area contributed by atoms with Crippen molar-refractivity contribution in [3.05, 3.63) is 57.9 Å². The summed E-state index contributed by atoms with van der Waals surface area (Å²) in [5.41, 5.74) is 5.44. The number of methoxy groups -OCH3 is 1.